The molecule has 1 saturated heterocycles. The minimum Gasteiger partial charge on any atom is -0.494 e. The minimum absolute atomic E-state index is 0.00749. The SMILES string of the molecule is CCCOc1cccc(C(Cl)C2CCS(=O)(=O)C2)c1. The van der Waals surface area contributed by atoms with Crippen molar-refractivity contribution in [3.05, 3.63) is 29.8 Å². The zero-order chi connectivity index (χ0) is 13.9. The Morgan fingerprint density at radius 1 is 1.47 bits per heavy atom. The largest absolute Gasteiger partial charge is 0.494 e. The van der Waals surface area contributed by atoms with Crippen molar-refractivity contribution in [2.45, 2.75) is 25.1 Å². The number of rotatable bonds is 5. The minimum atomic E-state index is -2.89. The van der Waals surface area contributed by atoms with Crippen molar-refractivity contribution in [1.82, 2.24) is 0 Å². The second-order valence-electron chi connectivity index (χ2n) is 4.99. The lowest BCUT2D eigenvalue weighted by molar-refractivity contribution is 0.317. The summed E-state index contributed by atoms with van der Waals surface area (Å²) in [6.07, 6.45) is 1.60. The van der Waals surface area contributed by atoms with E-state index in [1.165, 1.54) is 0 Å². The fourth-order valence-corrected chi connectivity index (χ4v) is 4.62. The summed E-state index contributed by atoms with van der Waals surface area (Å²) in [5, 5.41) is -0.262. The molecule has 0 spiro atoms. The Morgan fingerprint density at radius 2 is 2.26 bits per heavy atom. The van der Waals surface area contributed by atoms with Gasteiger partial charge in [0.25, 0.3) is 0 Å². The standard InChI is InChI=1S/C14H19ClO3S/c1-2-7-18-13-5-3-4-11(9-13)14(15)12-6-8-19(16,17)10-12/h3-5,9,12,14H,2,6-8,10H2,1H3. The maximum atomic E-state index is 11.5. The number of benzene rings is 1. The highest BCUT2D eigenvalue weighted by Gasteiger charge is 2.33. The molecule has 0 bridgehead atoms. The van der Waals surface area contributed by atoms with Gasteiger partial charge in [-0.3, -0.25) is 0 Å². The van der Waals surface area contributed by atoms with Gasteiger partial charge in [0.2, 0.25) is 0 Å². The van der Waals surface area contributed by atoms with Crippen LogP contribution in [-0.4, -0.2) is 26.5 Å². The Hall–Kier alpha value is -0.740. The normalized spacial score (nSPS) is 23.2. The van der Waals surface area contributed by atoms with E-state index < -0.39 is 9.84 Å². The second-order valence-corrected chi connectivity index (χ2v) is 7.68. The molecule has 1 fully saturated rings. The van der Waals surface area contributed by atoms with Crippen LogP contribution in [0.3, 0.4) is 0 Å². The van der Waals surface area contributed by atoms with Gasteiger partial charge in [-0.2, -0.15) is 0 Å². The van der Waals surface area contributed by atoms with E-state index in [-0.39, 0.29) is 22.8 Å². The van der Waals surface area contributed by atoms with Crippen LogP contribution in [0.2, 0.25) is 0 Å². The van der Waals surface area contributed by atoms with Crippen LogP contribution in [0, 0.1) is 5.92 Å². The van der Waals surface area contributed by atoms with E-state index in [0.29, 0.717) is 13.0 Å². The first kappa shape index (κ1) is 14.7. The summed E-state index contributed by atoms with van der Waals surface area (Å²) in [5.41, 5.74) is 0.942. The lowest BCUT2D eigenvalue weighted by Crippen LogP contribution is -2.10. The zero-order valence-corrected chi connectivity index (χ0v) is 12.6. The Balaban J connectivity index is 2.08. The number of sulfone groups is 1. The number of ether oxygens (including phenoxy) is 1. The van der Waals surface area contributed by atoms with Crippen LogP contribution in [0.1, 0.15) is 30.7 Å². The van der Waals surface area contributed by atoms with Crippen LogP contribution in [0.4, 0.5) is 0 Å². The molecule has 19 heavy (non-hydrogen) atoms. The van der Waals surface area contributed by atoms with E-state index in [4.69, 9.17) is 16.3 Å². The fraction of sp³-hybridized carbons (Fsp3) is 0.571. The summed E-state index contributed by atoms with van der Waals surface area (Å²) in [5.74, 6) is 1.26. The predicted molar refractivity (Wildman–Crippen MR) is 77.6 cm³/mol. The van der Waals surface area contributed by atoms with Crippen molar-refractivity contribution in [3.63, 3.8) is 0 Å². The molecule has 0 aliphatic carbocycles. The van der Waals surface area contributed by atoms with Gasteiger partial charge in [0.15, 0.2) is 9.84 Å². The van der Waals surface area contributed by atoms with Crippen molar-refractivity contribution in [3.8, 4) is 5.75 Å². The van der Waals surface area contributed by atoms with Crippen LogP contribution < -0.4 is 4.74 Å². The van der Waals surface area contributed by atoms with Gasteiger partial charge in [-0.1, -0.05) is 19.1 Å². The van der Waals surface area contributed by atoms with Gasteiger partial charge in [0, 0.05) is 0 Å². The first-order valence-corrected chi connectivity index (χ1v) is 8.85. The van der Waals surface area contributed by atoms with E-state index in [9.17, 15) is 8.42 Å². The molecule has 0 N–H and O–H groups in total. The monoisotopic (exact) mass is 302 g/mol. The molecule has 1 aromatic carbocycles. The number of halogens is 1. The van der Waals surface area contributed by atoms with Gasteiger partial charge in [0.1, 0.15) is 5.75 Å². The quantitative estimate of drug-likeness (QED) is 0.785. The summed E-state index contributed by atoms with van der Waals surface area (Å²) in [6, 6.07) is 7.65. The van der Waals surface area contributed by atoms with Gasteiger partial charge in [-0.15, -0.1) is 11.6 Å². The van der Waals surface area contributed by atoms with Crippen molar-refractivity contribution in [2.75, 3.05) is 18.1 Å². The molecule has 1 aliphatic rings. The van der Waals surface area contributed by atoms with Gasteiger partial charge >= 0.3 is 0 Å². The molecule has 2 atom stereocenters. The summed E-state index contributed by atoms with van der Waals surface area (Å²) < 4.78 is 28.6. The van der Waals surface area contributed by atoms with Crippen molar-refractivity contribution in [1.29, 1.82) is 0 Å². The van der Waals surface area contributed by atoms with Crippen molar-refractivity contribution < 1.29 is 13.2 Å². The first-order chi connectivity index (χ1) is 9.02. The number of hydrogen-bond donors (Lipinski definition) is 0. The average molecular weight is 303 g/mol. The Labute approximate surface area is 119 Å². The molecule has 106 valence electrons. The zero-order valence-electron chi connectivity index (χ0n) is 11.0. The van der Waals surface area contributed by atoms with Gasteiger partial charge < -0.3 is 4.74 Å². The third kappa shape index (κ3) is 3.86. The fourth-order valence-electron chi connectivity index (χ4n) is 2.32. The summed E-state index contributed by atoms with van der Waals surface area (Å²) >= 11 is 6.43. The van der Waals surface area contributed by atoms with Crippen LogP contribution in [0.25, 0.3) is 0 Å². The predicted octanol–water partition coefficient (Wildman–Crippen LogP) is 3.19. The molecule has 2 unspecified atom stereocenters. The highest BCUT2D eigenvalue weighted by molar-refractivity contribution is 7.91. The Morgan fingerprint density at radius 3 is 2.89 bits per heavy atom. The maximum Gasteiger partial charge on any atom is 0.150 e. The van der Waals surface area contributed by atoms with Crippen LogP contribution in [0.5, 0.6) is 5.75 Å². The molecule has 0 radical (unpaired) electrons. The topological polar surface area (TPSA) is 43.4 Å². The second kappa shape index (κ2) is 6.14. The van der Waals surface area contributed by atoms with Gasteiger partial charge in [-0.05, 0) is 36.5 Å². The summed E-state index contributed by atoms with van der Waals surface area (Å²) in [4.78, 5) is 0. The summed E-state index contributed by atoms with van der Waals surface area (Å²) in [6.45, 7) is 2.73. The average Bonchev–Trinajstić information content (AvgIpc) is 2.76. The first-order valence-electron chi connectivity index (χ1n) is 6.59. The smallest absolute Gasteiger partial charge is 0.150 e. The van der Waals surface area contributed by atoms with Crippen LogP contribution in [0.15, 0.2) is 24.3 Å². The molecule has 1 aromatic rings. The highest BCUT2D eigenvalue weighted by atomic mass is 35.5. The third-order valence-corrected chi connectivity index (χ3v) is 5.73. The molecule has 0 amide bonds. The number of alkyl halides is 1. The molecule has 2 rings (SSSR count). The molecule has 0 aromatic heterocycles. The highest BCUT2D eigenvalue weighted by Crippen LogP contribution is 2.37. The number of hydrogen-bond acceptors (Lipinski definition) is 3. The third-order valence-electron chi connectivity index (χ3n) is 3.33. The molecule has 5 heteroatoms. The molecule has 1 aliphatic heterocycles. The molecular weight excluding hydrogens is 284 g/mol. The maximum absolute atomic E-state index is 11.5. The van der Waals surface area contributed by atoms with Gasteiger partial charge in [-0.25, -0.2) is 8.42 Å². The van der Waals surface area contributed by atoms with E-state index in [0.717, 1.165) is 17.7 Å². The molecule has 0 saturated carbocycles. The lowest BCUT2D eigenvalue weighted by atomic mass is 9.98. The van der Waals surface area contributed by atoms with E-state index in [2.05, 4.69) is 6.92 Å². The Kier molecular flexibility index (Phi) is 4.74. The van der Waals surface area contributed by atoms with Crippen LogP contribution >= 0.6 is 11.6 Å². The Bertz CT molecular complexity index is 527. The summed E-state index contributed by atoms with van der Waals surface area (Å²) in [7, 11) is -2.89. The molecular formula is C14H19ClO3S. The van der Waals surface area contributed by atoms with Crippen molar-refractivity contribution >= 4 is 21.4 Å². The van der Waals surface area contributed by atoms with Gasteiger partial charge in [0.05, 0.1) is 23.5 Å². The van der Waals surface area contributed by atoms with Crippen LogP contribution in [-0.2, 0) is 9.84 Å². The molecule has 3 nitrogen and oxygen atoms in total. The van der Waals surface area contributed by atoms with E-state index in [1.807, 2.05) is 24.3 Å². The lowest BCUT2D eigenvalue weighted by Gasteiger charge is -2.17. The van der Waals surface area contributed by atoms with Crippen molar-refractivity contribution in [2.24, 2.45) is 5.92 Å². The van der Waals surface area contributed by atoms with E-state index >= 15 is 0 Å². The molecule has 1 heterocycles. The van der Waals surface area contributed by atoms with E-state index in [1.54, 1.807) is 0 Å².